The molecular formula is C22H19F3N4O4. The zero-order valence-electron chi connectivity index (χ0n) is 17.2. The molecule has 0 radical (unpaired) electrons. The highest BCUT2D eigenvalue weighted by molar-refractivity contribution is 5.78. The van der Waals surface area contributed by atoms with Crippen molar-refractivity contribution in [3.63, 3.8) is 0 Å². The Labute approximate surface area is 186 Å². The zero-order chi connectivity index (χ0) is 23.2. The fraction of sp³-hybridized carbons (Fsp3) is 0.318. The van der Waals surface area contributed by atoms with Crippen molar-refractivity contribution in [2.24, 2.45) is 0 Å². The number of piperidine rings is 1. The van der Waals surface area contributed by atoms with Crippen molar-refractivity contribution in [2.75, 3.05) is 19.9 Å². The van der Waals surface area contributed by atoms with E-state index in [0.717, 1.165) is 6.07 Å². The lowest BCUT2D eigenvalue weighted by Gasteiger charge is -2.28. The number of H-pyrrole nitrogens is 1. The van der Waals surface area contributed by atoms with Gasteiger partial charge in [0, 0.05) is 24.6 Å². The van der Waals surface area contributed by atoms with Gasteiger partial charge in [0.25, 0.3) is 0 Å². The molecule has 5 rings (SSSR count). The maximum absolute atomic E-state index is 13.3. The first kappa shape index (κ1) is 21.1. The van der Waals surface area contributed by atoms with Crippen molar-refractivity contribution in [1.82, 2.24) is 19.9 Å². The highest BCUT2D eigenvalue weighted by Crippen LogP contribution is 2.40. The second kappa shape index (κ2) is 7.98. The Hall–Kier alpha value is -3.76. The summed E-state index contributed by atoms with van der Waals surface area (Å²) in [6.45, 7) is 0.809. The van der Waals surface area contributed by atoms with Gasteiger partial charge in [-0.05, 0) is 43.2 Å². The number of aromatic nitrogens is 3. The van der Waals surface area contributed by atoms with Crippen LogP contribution in [0.1, 0.15) is 30.3 Å². The minimum Gasteiger partial charge on any atom is -0.465 e. The minimum atomic E-state index is -4.58. The number of fused-ring (bicyclic) bond motifs is 1. The molecule has 172 valence electrons. The van der Waals surface area contributed by atoms with Gasteiger partial charge in [0.1, 0.15) is 11.5 Å². The standard InChI is InChI=1S/C22H19F3N4O4/c23-22(24,25)17-3-1-2-14(26-17)19-18(13-4-5-15-16(10-13)33-11-32-15)27-20(28-19)12-6-8-29(9-7-12)21(30)31/h1-5,10,12H,6-9,11H2,(H,27,28)(H,30,31). The van der Waals surface area contributed by atoms with E-state index in [1.165, 1.54) is 17.0 Å². The summed E-state index contributed by atoms with van der Waals surface area (Å²) in [4.78, 5) is 24.3. The van der Waals surface area contributed by atoms with Crippen molar-refractivity contribution >= 4 is 6.09 Å². The number of pyridine rings is 1. The van der Waals surface area contributed by atoms with Crippen LogP contribution < -0.4 is 9.47 Å². The number of rotatable bonds is 3. The van der Waals surface area contributed by atoms with E-state index in [9.17, 15) is 23.1 Å². The molecule has 11 heteroatoms. The predicted molar refractivity (Wildman–Crippen MR) is 110 cm³/mol. The number of halogens is 3. The highest BCUT2D eigenvalue weighted by atomic mass is 19.4. The molecule has 2 aliphatic heterocycles. The van der Waals surface area contributed by atoms with Crippen LogP contribution in [0.15, 0.2) is 36.4 Å². The molecule has 1 fully saturated rings. The Morgan fingerprint density at radius 3 is 2.58 bits per heavy atom. The Bertz CT molecular complexity index is 1200. The first-order chi connectivity index (χ1) is 15.8. The van der Waals surface area contributed by atoms with Gasteiger partial charge < -0.3 is 24.5 Å². The molecule has 33 heavy (non-hydrogen) atoms. The highest BCUT2D eigenvalue weighted by Gasteiger charge is 2.33. The van der Waals surface area contributed by atoms with Crippen LogP contribution in [-0.4, -0.2) is 50.9 Å². The van der Waals surface area contributed by atoms with Crippen LogP contribution in [0.3, 0.4) is 0 Å². The molecule has 0 unspecified atom stereocenters. The van der Waals surface area contributed by atoms with Gasteiger partial charge in [-0.15, -0.1) is 0 Å². The van der Waals surface area contributed by atoms with E-state index in [4.69, 9.17) is 14.5 Å². The quantitative estimate of drug-likeness (QED) is 0.586. The number of imidazole rings is 1. The van der Waals surface area contributed by atoms with Gasteiger partial charge in [-0.25, -0.2) is 14.8 Å². The molecule has 0 bridgehead atoms. The number of alkyl halides is 3. The number of nitrogens with zero attached hydrogens (tertiary/aromatic N) is 3. The van der Waals surface area contributed by atoms with Crippen molar-refractivity contribution in [3.05, 3.63) is 47.9 Å². The number of benzene rings is 1. The molecule has 1 saturated heterocycles. The molecule has 0 spiro atoms. The van der Waals surface area contributed by atoms with E-state index in [2.05, 4.69) is 9.97 Å². The third-order valence-electron chi connectivity index (χ3n) is 5.82. The van der Waals surface area contributed by atoms with E-state index in [1.807, 2.05) is 0 Å². The maximum Gasteiger partial charge on any atom is 0.433 e. The number of amides is 1. The van der Waals surface area contributed by atoms with Gasteiger partial charge in [-0.3, -0.25) is 0 Å². The van der Waals surface area contributed by atoms with Gasteiger partial charge in [-0.1, -0.05) is 6.07 Å². The number of ether oxygens (including phenoxy) is 2. The Kier molecular flexibility index (Phi) is 5.10. The smallest absolute Gasteiger partial charge is 0.433 e. The number of carbonyl (C=O) groups is 1. The average molecular weight is 460 g/mol. The summed E-state index contributed by atoms with van der Waals surface area (Å²) in [6.07, 6.45) is -4.45. The lowest BCUT2D eigenvalue weighted by molar-refractivity contribution is -0.141. The van der Waals surface area contributed by atoms with Gasteiger partial charge in [0.05, 0.1) is 17.1 Å². The first-order valence-corrected chi connectivity index (χ1v) is 10.3. The summed E-state index contributed by atoms with van der Waals surface area (Å²) in [6, 6.07) is 8.93. The molecular weight excluding hydrogens is 441 g/mol. The molecule has 2 aliphatic rings. The van der Waals surface area contributed by atoms with Gasteiger partial charge in [0.15, 0.2) is 11.5 Å². The van der Waals surface area contributed by atoms with Crippen LogP contribution in [0.4, 0.5) is 18.0 Å². The summed E-state index contributed by atoms with van der Waals surface area (Å²) >= 11 is 0. The maximum atomic E-state index is 13.3. The molecule has 0 aliphatic carbocycles. The third-order valence-corrected chi connectivity index (χ3v) is 5.82. The molecule has 1 amide bonds. The third kappa shape index (κ3) is 4.06. The van der Waals surface area contributed by atoms with Crippen LogP contribution in [-0.2, 0) is 6.18 Å². The van der Waals surface area contributed by atoms with Crippen LogP contribution >= 0.6 is 0 Å². The fourth-order valence-corrected chi connectivity index (χ4v) is 4.10. The average Bonchev–Trinajstić information content (AvgIpc) is 3.45. The van der Waals surface area contributed by atoms with Gasteiger partial charge in [-0.2, -0.15) is 13.2 Å². The summed E-state index contributed by atoms with van der Waals surface area (Å²) in [5, 5.41) is 9.19. The van der Waals surface area contributed by atoms with Crippen LogP contribution in [0.2, 0.25) is 0 Å². The predicted octanol–water partition coefficient (Wildman–Crippen LogP) is 4.74. The Morgan fingerprint density at radius 2 is 1.85 bits per heavy atom. The van der Waals surface area contributed by atoms with Gasteiger partial charge >= 0.3 is 12.3 Å². The summed E-state index contributed by atoms with van der Waals surface area (Å²) in [5.41, 5.74) is 0.548. The van der Waals surface area contributed by atoms with Crippen molar-refractivity contribution in [3.8, 4) is 34.1 Å². The van der Waals surface area contributed by atoms with Crippen molar-refractivity contribution in [1.29, 1.82) is 0 Å². The molecule has 0 atom stereocenters. The molecule has 2 N–H and O–H groups in total. The number of hydrogen-bond acceptors (Lipinski definition) is 5. The molecule has 4 heterocycles. The lowest BCUT2D eigenvalue weighted by Crippen LogP contribution is -2.37. The normalized spacial score (nSPS) is 16.3. The van der Waals surface area contributed by atoms with Crippen molar-refractivity contribution in [2.45, 2.75) is 24.9 Å². The zero-order valence-corrected chi connectivity index (χ0v) is 17.2. The molecule has 2 aromatic heterocycles. The summed E-state index contributed by atoms with van der Waals surface area (Å²) in [7, 11) is 0. The number of nitrogens with one attached hydrogen (secondary N) is 1. The van der Waals surface area contributed by atoms with E-state index in [1.54, 1.807) is 18.2 Å². The first-order valence-electron chi connectivity index (χ1n) is 10.3. The molecule has 0 saturated carbocycles. The van der Waals surface area contributed by atoms with Crippen LogP contribution in [0.5, 0.6) is 11.5 Å². The number of hydrogen-bond donors (Lipinski definition) is 2. The topological polar surface area (TPSA) is 101 Å². The summed E-state index contributed by atoms with van der Waals surface area (Å²) in [5.74, 6) is 1.62. The van der Waals surface area contributed by atoms with E-state index < -0.39 is 18.0 Å². The second-order valence-corrected chi connectivity index (χ2v) is 7.86. The minimum absolute atomic E-state index is 0.0621. The number of likely N-dealkylation sites (tertiary alicyclic amines) is 1. The Morgan fingerprint density at radius 1 is 1.09 bits per heavy atom. The second-order valence-electron chi connectivity index (χ2n) is 7.86. The van der Waals surface area contributed by atoms with Crippen LogP contribution in [0, 0.1) is 0 Å². The van der Waals surface area contributed by atoms with E-state index >= 15 is 0 Å². The molecule has 1 aromatic carbocycles. The van der Waals surface area contributed by atoms with Gasteiger partial charge in [0.2, 0.25) is 6.79 Å². The monoisotopic (exact) mass is 460 g/mol. The lowest BCUT2D eigenvalue weighted by atomic mass is 9.96. The SMILES string of the molecule is O=C(O)N1CCC(c2nc(-c3ccc4c(c3)OCO4)c(-c3cccc(C(F)(F)F)n3)[nH]2)CC1. The number of aromatic amines is 1. The van der Waals surface area contributed by atoms with E-state index in [0.29, 0.717) is 60.2 Å². The summed E-state index contributed by atoms with van der Waals surface area (Å²) < 4.78 is 50.6. The fourth-order valence-electron chi connectivity index (χ4n) is 4.10. The van der Waals surface area contributed by atoms with Crippen molar-refractivity contribution < 1.29 is 32.5 Å². The van der Waals surface area contributed by atoms with E-state index in [-0.39, 0.29) is 18.4 Å². The molecule has 3 aromatic rings. The largest absolute Gasteiger partial charge is 0.465 e. The van der Waals surface area contributed by atoms with Crippen LogP contribution in [0.25, 0.3) is 22.6 Å². The Balaban J connectivity index is 1.56. The molecule has 8 nitrogen and oxygen atoms in total. The number of carboxylic acid groups (broad SMARTS) is 1.